The fourth-order valence-electron chi connectivity index (χ4n) is 1.50. The largest absolute Gasteiger partial charge is 0.492 e. The van der Waals surface area contributed by atoms with Crippen LogP contribution < -0.4 is 4.74 Å². The molecule has 3 nitrogen and oxygen atoms in total. The van der Waals surface area contributed by atoms with Crippen molar-refractivity contribution in [2.24, 2.45) is 0 Å². The lowest BCUT2D eigenvalue weighted by molar-refractivity contribution is 0.104. The molecule has 0 saturated heterocycles. The molecule has 2 rings (SSSR count). The van der Waals surface area contributed by atoms with Crippen LogP contribution in [-0.2, 0) is 0 Å². The molecule has 18 heavy (non-hydrogen) atoms. The van der Waals surface area contributed by atoms with E-state index in [4.69, 9.17) is 4.74 Å². The Bertz CT molecular complexity index is 561. The Balaban J connectivity index is 2.30. The van der Waals surface area contributed by atoms with Gasteiger partial charge in [0.2, 0.25) is 5.78 Å². The van der Waals surface area contributed by atoms with Gasteiger partial charge in [-0.3, -0.25) is 9.78 Å². The molecule has 2 heterocycles. The fourth-order valence-corrected chi connectivity index (χ4v) is 3.00. The number of halogens is 1. The Morgan fingerprint density at radius 2 is 2.22 bits per heavy atom. The van der Waals surface area contributed by atoms with Crippen LogP contribution in [0, 0.1) is 6.92 Å². The van der Waals surface area contributed by atoms with Crippen molar-refractivity contribution < 1.29 is 9.53 Å². The Morgan fingerprint density at radius 1 is 1.44 bits per heavy atom. The molecule has 2 aromatic heterocycles. The van der Waals surface area contributed by atoms with Crippen molar-refractivity contribution in [1.29, 1.82) is 0 Å². The van der Waals surface area contributed by atoms with Gasteiger partial charge in [-0.1, -0.05) is 0 Å². The van der Waals surface area contributed by atoms with Crippen molar-refractivity contribution in [3.63, 3.8) is 0 Å². The SMILES string of the molecule is CCOc1cncc(C(=O)c2cc(C)c(Br)s2)c1. The normalized spacial score (nSPS) is 10.4. The second-order valence-electron chi connectivity index (χ2n) is 3.74. The first-order chi connectivity index (χ1) is 8.61. The summed E-state index contributed by atoms with van der Waals surface area (Å²) in [5, 5.41) is 0. The molecule has 0 N–H and O–H groups in total. The number of rotatable bonds is 4. The highest BCUT2D eigenvalue weighted by Crippen LogP contribution is 2.29. The summed E-state index contributed by atoms with van der Waals surface area (Å²) in [6.07, 6.45) is 3.17. The van der Waals surface area contributed by atoms with Crippen LogP contribution >= 0.6 is 27.3 Å². The maximum absolute atomic E-state index is 12.3. The molecule has 0 spiro atoms. The third-order valence-electron chi connectivity index (χ3n) is 2.37. The van der Waals surface area contributed by atoms with Gasteiger partial charge in [0.1, 0.15) is 5.75 Å². The smallest absolute Gasteiger partial charge is 0.204 e. The van der Waals surface area contributed by atoms with E-state index >= 15 is 0 Å². The number of pyridine rings is 1. The van der Waals surface area contributed by atoms with Crippen molar-refractivity contribution in [3.8, 4) is 5.75 Å². The maximum atomic E-state index is 12.3. The molecular weight excluding hydrogens is 314 g/mol. The van der Waals surface area contributed by atoms with Crippen LogP contribution in [0.15, 0.2) is 28.3 Å². The van der Waals surface area contributed by atoms with Gasteiger partial charge in [-0.15, -0.1) is 11.3 Å². The number of nitrogens with zero attached hydrogens (tertiary/aromatic N) is 1. The Hall–Kier alpha value is -1.20. The maximum Gasteiger partial charge on any atom is 0.204 e. The molecule has 0 bridgehead atoms. The lowest BCUT2D eigenvalue weighted by Gasteiger charge is -2.03. The summed E-state index contributed by atoms with van der Waals surface area (Å²) < 4.78 is 6.33. The summed E-state index contributed by atoms with van der Waals surface area (Å²) in [5.41, 5.74) is 1.62. The molecule has 0 fully saturated rings. The number of thiophene rings is 1. The molecule has 5 heteroatoms. The summed E-state index contributed by atoms with van der Waals surface area (Å²) in [6.45, 7) is 4.42. The monoisotopic (exact) mass is 325 g/mol. The number of ketones is 1. The molecule has 94 valence electrons. The molecule has 0 aliphatic heterocycles. The van der Waals surface area contributed by atoms with E-state index in [9.17, 15) is 4.79 Å². The molecule has 2 aromatic rings. The molecule has 0 saturated carbocycles. The van der Waals surface area contributed by atoms with E-state index in [2.05, 4.69) is 20.9 Å². The van der Waals surface area contributed by atoms with E-state index in [1.807, 2.05) is 19.9 Å². The fraction of sp³-hybridized carbons (Fsp3) is 0.231. The molecular formula is C13H12BrNO2S. The van der Waals surface area contributed by atoms with Crippen molar-refractivity contribution >= 4 is 33.0 Å². The van der Waals surface area contributed by atoms with Crippen molar-refractivity contribution in [2.75, 3.05) is 6.61 Å². The minimum Gasteiger partial charge on any atom is -0.492 e. The van der Waals surface area contributed by atoms with Gasteiger partial charge in [0.25, 0.3) is 0 Å². The minimum atomic E-state index is -0.0251. The summed E-state index contributed by atoms with van der Waals surface area (Å²) >= 11 is 4.86. The van der Waals surface area contributed by atoms with Gasteiger partial charge in [-0.2, -0.15) is 0 Å². The zero-order valence-electron chi connectivity index (χ0n) is 10.1. The predicted octanol–water partition coefficient (Wildman–Crippen LogP) is 3.84. The summed E-state index contributed by atoms with van der Waals surface area (Å²) in [6, 6.07) is 3.60. The average Bonchev–Trinajstić information content (AvgIpc) is 2.69. The van der Waals surface area contributed by atoms with Crippen LogP contribution in [0.3, 0.4) is 0 Å². The number of hydrogen-bond donors (Lipinski definition) is 0. The lowest BCUT2D eigenvalue weighted by atomic mass is 10.1. The second-order valence-corrected chi connectivity index (χ2v) is 6.11. The predicted molar refractivity (Wildman–Crippen MR) is 75.6 cm³/mol. The number of hydrogen-bond acceptors (Lipinski definition) is 4. The number of carbonyl (C=O) groups excluding carboxylic acids is 1. The third-order valence-corrected chi connectivity index (χ3v) is 4.50. The first-order valence-electron chi connectivity index (χ1n) is 5.50. The van der Waals surface area contributed by atoms with Crippen molar-refractivity contribution in [3.05, 3.63) is 44.3 Å². The molecule has 0 amide bonds. The lowest BCUT2D eigenvalue weighted by Crippen LogP contribution is -2.01. The number of ether oxygens (including phenoxy) is 1. The zero-order valence-corrected chi connectivity index (χ0v) is 12.5. The van der Waals surface area contributed by atoms with Gasteiger partial charge in [0.15, 0.2) is 0 Å². The molecule has 0 aromatic carbocycles. The molecule has 0 aliphatic rings. The Kier molecular flexibility index (Phi) is 4.14. The van der Waals surface area contributed by atoms with Crippen molar-refractivity contribution in [1.82, 2.24) is 4.98 Å². The first-order valence-corrected chi connectivity index (χ1v) is 7.11. The van der Waals surface area contributed by atoms with Crippen LogP contribution in [0.25, 0.3) is 0 Å². The third kappa shape index (κ3) is 2.79. The van der Waals surface area contributed by atoms with E-state index < -0.39 is 0 Å². The van der Waals surface area contributed by atoms with E-state index in [-0.39, 0.29) is 5.78 Å². The summed E-state index contributed by atoms with van der Waals surface area (Å²) in [5.74, 6) is 0.596. The van der Waals surface area contributed by atoms with E-state index in [0.29, 0.717) is 22.8 Å². The topological polar surface area (TPSA) is 39.2 Å². The Labute approximate surface area is 118 Å². The number of aryl methyl sites for hydroxylation is 1. The molecule has 0 aliphatic carbocycles. The number of aromatic nitrogens is 1. The Morgan fingerprint density at radius 3 is 2.83 bits per heavy atom. The van der Waals surface area contributed by atoms with Gasteiger partial charge >= 0.3 is 0 Å². The van der Waals surface area contributed by atoms with E-state index in [1.165, 1.54) is 11.3 Å². The van der Waals surface area contributed by atoms with E-state index in [1.54, 1.807) is 18.5 Å². The molecule has 0 radical (unpaired) electrons. The summed E-state index contributed by atoms with van der Waals surface area (Å²) in [4.78, 5) is 17.0. The zero-order chi connectivity index (χ0) is 13.1. The average molecular weight is 326 g/mol. The van der Waals surface area contributed by atoms with Crippen LogP contribution in [0.2, 0.25) is 0 Å². The quantitative estimate of drug-likeness (QED) is 0.801. The van der Waals surface area contributed by atoms with E-state index in [0.717, 1.165) is 9.35 Å². The minimum absolute atomic E-state index is 0.0251. The highest BCUT2D eigenvalue weighted by atomic mass is 79.9. The van der Waals surface area contributed by atoms with Gasteiger partial charge in [-0.25, -0.2) is 0 Å². The van der Waals surface area contributed by atoms with Crippen LogP contribution in [0.4, 0.5) is 0 Å². The molecule has 0 atom stereocenters. The second kappa shape index (κ2) is 5.63. The van der Waals surface area contributed by atoms with Gasteiger partial charge in [0, 0.05) is 11.8 Å². The van der Waals surface area contributed by atoms with Crippen LogP contribution in [-0.4, -0.2) is 17.4 Å². The van der Waals surface area contributed by atoms with Crippen LogP contribution in [0.1, 0.15) is 27.7 Å². The number of carbonyl (C=O) groups is 1. The van der Waals surface area contributed by atoms with Crippen molar-refractivity contribution in [2.45, 2.75) is 13.8 Å². The first kappa shape index (κ1) is 13.2. The van der Waals surface area contributed by atoms with Crippen LogP contribution in [0.5, 0.6) is 5.75 Å². The highest BCUT2D eigenvalue weighted by Gasteiger charge is 2.14. The molecule has 0 unspecified atom stereocenters. The highest BCUT2D eigenvalue weighted by molar-refractivity contribution is 9.11. The summed E-state index contributed by atoms with van der Waals surface area (Å²) in [7, 11) is 0. The van der Waals surface area contributed by atoms with Gasteiger partial charge in [-0.05, 0) is 47.5 Å². The van der Waals surface area contributed by atoms with Gasteiger partial charge < -0.3 is 4.74 Å². The standard InChI is InChI=1S/C13H12BrNO2S/c1-3-17-10-5-9(6-15-7-10)12(16)11-4-8(2)13(14)18-11/h4-7H,3H2,1-2H3. The van der Waals surface area contributed by atoms with Gasteiger partial charge in [0.05, 0.1) is 21.5 Å².